The topological polar surface area (TPSA) is 57.2 Å². The maximum Gasteiger partial charge on any atom is 0.184 e. The molecule has 0 spiro atoms. The Morgan fingerprint density at radius 2 is 1.09 bits per heavy atom. The largest absolute Gasteiger partial charge is 0.368 e. The summed E-state index contributed by atoms with van der Waals surface area (Å²) < 4.78 is 25.1. The van der Waals surface area contributed by atoms with Gasteiger partial charge in [0, 0.05) is 0 Å². The lowest BCUT2D eigenvalue weighted by Crippen LogP contribution is -2.60. The summed E-state index contributed by atoms with van der Waals surface area (Å²) in [6, 6.07) is 29.9. The molecule has 1 aliphatic rings. The summed E-state index contributed by atoms with van der Waals surface area (Å²) in [5.74, 6) is 0. The zero-order valence-electron chi connectivity index (χ0n) is 19.9. The first-order valence-electron chi connectivity index (χ1n) is 12.2. The number of allylic oxidation sites excluding steroid dienone is 1. The average Bonchev–Trinajstić information content (AvgIpc) is 2.91. The van der Waals surface area contributed by atoms with E-state index in [1.165, 1.54) is 0 Å². The zero-order chi connectivity index (χ0) is 24.3. The molecule has 1 aliphatic heterocycles. The van der Waals surface area contributed by atoms with Crippen molar-refractivity contribution in [2.24, 2.45) is 0 Å². The third-order valence-electron chi connectivity index (χ3n) is 6.12. The lowest BCUT2D eigenvalue weighted by Gasteiger charge is -2.44. The van der Waals surface area contributed by atoms with E-state index in [1.54, 1.807) is 0 Å². The van der Waals surface area contributed by atoms with E-state index in [1.807, 2.05) is 97.1 Å². The van der Waals surface area contributed by atoms with Crippen molar-refractivity contribution >= 4 is 0 Å². The van der Waals surface area contributed by atoms with Gasteiger partial charge in [0.25, 0.3) is 0 Å². The van der Waals surface area contributed by atoms with Crippen LogP contribution >= 0.6 is 0 Å². The molecule has 5 nitrogen and oxygen atoms in total. The van der Waals surface area contributed by atoms with E-state index in [2.05, 4.69) is 6.58 Å². The van der Waals surface area contributed by atoms with Crippen LogP contribution in [0.2, 0.25) is 0 Å². The number of rotatable bonds is 12. The van der Waals surface area contributed by atoms with E-state index in [4.69, 9.17) is 18.9 Å². The quantitative estimate of drug-likeness (QED) is 0.355. The molecule has 3 aromatic carbocycles. The first kappa shape index (κ1) is 25.3. The maximum atomic E-state index is 11.0. The Morgan fingerprint density at radius 1 is 0.657 bits per heavy atom. The standard InChI is InChI=1S/C30H34O5/c1-2-3-19-26-27(32-20-23-13-7-4-8-14-23)28(33-21-24-15-9-5-10-16-24)29(30(31)35-26)34-22-25-17-11-6-12-18-25/h2,4-18,26-31H,1,3,19-22H2/t26-,27-,28+,29+,30+/m1/s1. The van der Waals surface area contributed by atoms with Crippen LogP contribution in [0.4, 0.5) is 0 Å². The predicted octanol–water partition coefficient (Wildman–Crippen LogP) is 5.43. The van der Waals surface area contributed by atoms with Gasteiger partial charge in [0.05, 0.1) is 25.9 Å². The van der Waals surface area contributed by atoms with Gasteiger partial charge in [-0.2, -0.15) is 0 Å². The SMILES string of the molecule is C=CCC[C@H]1O[C@H](O)[C@@H](OCc2ccccc2)[C@@H](OCc2ccccc2)[C@@H]1OCc1ccccc1. The summed E-state index contributed by atoms with van der Waals surface area (Å²) >= 11 is 0. The second kappa shape index (κ2) is 13.3. The average molecular weight is 475 g/mol. The second-order valence-electron chi connectivity index (χ2n) is 8.71. The number of aliphatic hydroxyl groups is 1. The van der Waals surface area contributed by atoms with Gasteiger partial charge in [-0.3, -0.25) is 0 Å². The number of aliphatic hydroxyl groups excluding tert-OH is 1. The molecule has 1 saturated heterocycles. The fraction of sp³-hybridized carbons (Fsp3) is 0.333. The number of hydrogen-bond acceptors (Lipinski definition) is 5. The molecule has 4 rings (SSSR count). The second-order valence-corrected chi connectivity index (χ2v) is 8.71. The van der Waals surface area contributed by atoms with Crippen LogP contribution in [0.25, 0.3) is 0 Å². The third kappa shape index (κ3) is 7.34. The molecule has 0 bridgehead atoms. The first-order valence-corrected chi connectivity index (χ1v) is 12.2. The molecule has 0 amide bonds. The van der Waals surface area contributed by atoms with Crippen LogP contribution < -0.4 is 0 Å². The summed E-state index contributed by atoms with van der Waals surface area (Å²) in [7, 11) is 0. The van der Waals surface area contributed by atoms with Crippen molar-refractivity contribution in [3.63, 3.8) is 0 Å². The zero-order valence-corrected chi connectivity index (χ0v) is 19.9. The van der Waals surface area contributed by atoms with Crippen LogP contribution in [0, 0.1) is 0 Å². The normalized spacial score (nSPS) is 24.2. The van der Waals surface area contributed by atoms with Crippen LogP contribution in [-0.2, 0) is 38.8 Å². The van der Waals surface area contributed by atoms with Crippen LogP contribution in [0.1, 0.15) is 29.5 Å². The van der Waals surface area contributed by atoms with Gasteiger partial charge in [-0.15, -0.1) is 6.58 Å². The Balaban J connectivity index is 1.56. The fourth-order valence-electron chi connectivity index (χ4n) is 4.28. The van der Waals surface area contributed by atoms with E-state index < -0.39 is 24.6 Å². The van der Waals surface area contributed by atoms with Crippen molar-refractivity contribution in [2.45, 2.75) is 63.4 Å². The molecule has 1 fully saturated rings. The molecule has 0 aliphatic carbocycles. The highest BCUT2D eigenvalue weighted by Gasteiger charge is 2.47. The van der Waals surface area contributed by atoms with E-state index in [0.29, 0.717) is 26.2 Å². The van der Waals surface area contributed by atoms with Gasteiger partial charge in [0.15, 0.2) is 6.29 Å². The highest BCUT2D eigenvalue weighted by molar-refractivity contribution is 5.15. The van der Waals surface area contributed by atoms with Crippen molar-refractivity contribution in [2.75, 3.05) is 0 Å². The Bertz CT molecular complexity index is 995. The van der Waals surface area contributed by atoms with Crippen LogP contribution in [0.3, 0.4) is 0 Å². The van der Waals surface area contributed by atoms with Gasteiger partial charge in [-0.25, -0.2) is 0 Å². The van der Waals surface area contributed by atoms with Gasteiger partial charge in [0.1, 0.15) is 18.3 Å². The van der Waals surface area contributed by atoms with Crippen LogP contribution in [-0.4, -0.2) is 35.8 Å². The number of hydrogen-bond donors (Lipinski definition) is 1. The van der Waals surface area contributed by atoms with Crippen molar-refractivity contribution in [3.05, 3.63) is 120 Å². The Hall–Kier alpha value is -2.80. The first-order chi connectivity index (χ1) is 17.2. The molecular formula is C30H34O5. The molecule has 3 aromatic rings. The van der Waals surface area contributed by atoms with Crippen molar-refractivity contribution in [1.29, 1.82) is 0 Å². The van der Waals surface area contributed by atoms with E-state index in [-0.39, 0.29) is 6.10 Å². The number of benzene rings is 3. The summed E-state index contributed by atoms with van der Waals surface area (Å²) in [6.45, 7) is 4.96. The van der Waals surface area contributed by atoms with Crippen molar-refractivity contribution in [3.8, 4) is 0 Å². The summed E-state index contributed by atoms with van der Waals surface area (Å²) in [6.07, 6.45) is 0.0981. The number of ether oxygens (including phenoxy) is 4. The molecule has 0 aromatic heterocycles. The molecule has 0 radical (unpaired) electrons. The summed E-state index contributed by atoms with van der Waals surface area (Å²) in [5.41, 5.74) is 3.11. The monoisotopic (exact) mass is 474 g/mol. The van der Waals surface area contributed by atoms with Gasteiger partial charge >= 0.3 is 0 Å². The molecular weight excluding hydrogens is 440 g/mol. The lowest BCUT2D eigenvalue weighted by molar-refractivity contribution is -0.312. The molecule has 0 saturated carbocycles. The van der Waals surface area contributed by atoms with E-state index >= 15 is 0 Å². The lowest BCUT2D eigenvalue weighted by atomic mass is 9.94. The minimum atomic E-state index is -1.13. The van der Waals surface area contributed by atoms with Gasteiger partial charge in [0.2, 0.25) is 0 Å². The minimum absolute atomic E-state index is 0.333. The summed E-state index contributed by atoms with van der Waals surface area (Å²) in [5, 5.41) is 11.0. The Labute approximate surface area is 207 Å². The highest BCUT2D eigenvalue weighted by atomic mass is 16.7. The Kier molecular flexibility index (Phi) is 9.64. The third-order valence-corrected chi connectivity index (χ3v) is 6.12. The van der Waals surface area contributed by atoms with Crippen LogP contribution in [0.15, 0.2) is 104 Å². The molecule has 5 heteroatoms. The highest BCUT2D eigenvalue weighted by Crippen LogP contribution is 2.31. The molecule has 184 valence electrons. The molecule has 5 atom stereocenters. The van der Waals surface area contributed by atoms with Crippen LogP contribution in [0.5, 0.6) is 0 Å². The van der Waals surface area contributed by atoms with Gasteiger partial charge < -0.3 is 24.1 Å². The minimum Gasteiger partial charge on any atom is -0.368 e. The molecule has 35 heavy (non-hydrogen) atoms. The predicted molar refractivity (Wildman–Crippen MR) is 135 cm³/mol. The Morgan fingerprint density at radius 3 is 1.54 bits per heavy atom. The molecule has 1 heterocycles. The van der Waals surface area contributed by atoms with Crippen molar-refractivity contribution in [1.82, 2.24) is 0 Å². The summed E-state index contributed by atoms with van der Waals surface area (Å²) in [4.78, 5) is 0. The van der Waals surface area contributed by atoms with E-state index in [0.717, 1.165) is 23.1 Å². The smallest absolute Gasteiger partial charge is 0.184 e. The fourth-order valence-corrected chi connectivity index (χ4v) is 4.28. The maximum absolute atomic E-state index is 11.0. The molecule has 0 unspecified atom stereocenters. The molecule has 1 N–H and O–H groups in total. The van der Waals surface area contributed by atoms with Gasteiger partial charge in [-0.1, -0.05) is 97.1 Å². The van der Waals surface area contributed by atoms with Crippen molar-refractivity contribution < 1.29 is 24.1 Å². The van der Waals surface area contributed by atoms with E-state index in [9.17, 15) is 5.11 Å². The van der Waals surface area contributed by atoms with Gasteiger partial charge in [-0.05, 0) is 29.5 Å².